The number of carbonyl (C=O) groups is 2. The third kappa shape index (κ3) is 3.57. The number of carbonyl (C=O) groups excluding carboxylic acids is 1. The van der Waals surface area contributed by atoms with Gasteiger partial charge in [0, 0.05) is 10.4 Å². The van der Waals surface area contributed by atoms with E-state index >= 15 is 0 Å². The van der Waals surface area contributed by atoms with Crippen LogP contribution in [0, 0.1) is 5.92 Å². The van der Waals surface area contributed by atoms with E-state index in [1.807, 2.05) is 24.3 Å². The Bertz CT molecular complexity index is 454. The van der Waals surface area contributed by atoms with Gasteiger partial charge in [0.25, 0.3) is 0 Å². The second-order valence-electron chi connectivity index (χ2n) is 4.48. The lowest BCUT2D eigenvalue weighted by molar-refractivity contribution is -0.137. The van der Waals surface area contributed by atoms with Crippen LogP contribution in [0.2, 0.25) is 0 Å². The summed E-state index contributed by atoms with van der Waals surface area (Å²) in [6.45, 7) is 0. The summed E-state index contributed by atoms with van der Waals surface area (Å²) in [7, 11) is 0. The number of carboxylic acids is 1. The van der Waals surface area contributed by atoms with Crippen LogP contribution in [0.1, 0.15) is 30.9 Å². The second-order valence-corrected chi connectivity index (χ2v) is 5.40. The molecule has 1 atom stereocenters. The predicted molar refractivity (Wildman–Crippen MR) is 70.0 cm³/mol. The quantitative estimate of drug-likeness (QED) is 0.878. The molecular formula is C13H14BrNO3. The lowest BCUT2D eigenvalue weighted by Gasteiger charge is -2.17. The van der Waals surface area contributed by atoms with Gasteiger partial charge in [0.2, 0.25) is 5.91 Å². The normalized spacial score (nSPS) is 16.1. The van der Waals surface area contributed by atoms with E-state index in [1.54, 1.807) is 0 Å². The van der Waals surface area contributed by atoms with Crippen molar-refractivity contribution in [3.8, 4) is 0 Å². The minimum Gasteiger partial charge on any atom is -0.481 e. The van der Waals surface area contributed by atoms with Crippen LogP contribution in [0.4, 0.5) is 0 Å². The number of amides is 1. The van der Waals surface area contributed by atoms with E-state index < -0.39 is 12.0 Å². The van der Waals surface area contributed by atoms with Gasteiger partial charge in [0.1, 0.15) is 0 Å². The zero-order chi connectivity index (χ0) is 13.1. The second kappa shape index (κ2) is 5.52. The molecule has 0 bridgehead atoms. The van der Waals surface area contributed by atoms with E-state index in [1.165, 1.54) is 0 Å². The standard InChI is InChI=1S/C13H14BrNO3/c14-10-5-3-8(4-6-10)11(7-12(16)17)15-13(18)9-1-2-9/h3-6,9,11H,1-2,7H2,(H,15,18)(H,16,17). The fourth-order valence-corrected chi connectivity index (χ4v) is 2.02. The third-order valence-electron chi connectivity index (χ3n) is 2.92. The first-order valence-corrected chi connectivity index (χ1v) is 6.63. The molecule has 0 heterocycles. The monoisotopic (exact) mass is 311 g/mol. The Hall–Kier alpha value is -1.36. The van der Waals surface area contributed by atoms with Crippen molar-refractivity contribution in [3.05, 3.63) is 34.3 Å². The van der Waals surface area contributed by atoms with Crippen LogP contribution in [-0.2, 0) is 9.59 Å². The van der Waals surface area contributed by atoms with Gasteiger partial charge in [0.15, 0.2) is 0 Å². The molecule has 1 saturated carbocycles. The van der Waals surface area contributed by atoms with Crippen LogP contribution in [0.15, 0.2) is 28.7 Å². The molecule has 0 saturated heterocycles. The van der Waals surface area contributed by atoms with Crippen LogP contribution < -0.4 is 5.32 Å². The lowest BCUT2D eigenvalue weighted by Crippen LogP contribution is -2.31. The topological polar surface area (TPSA) is 66.4 Å². The predicted octanol–water partition coefficient (Wildman–Crippen LogP) is 2.49. The molecule has 1 unspecified atom stereocenters. The van der Waals surface area contributed by atoms with E-state index in [4.69, 9.17) is 5.11 Å². The molecule has 0 spiro atoms. The summed E-state index contributed by atoms with van der Waals surface area (Å²) in [5.41, 5.74) is 0.814. The molecule has 4 nitrogen and oxygen atoms in total. The van der Waals surface area contributed by atoms with Gasteiger partial charge in [-0.15, -0.1) is 0 Å². The number of rotatable bonds is 5. The van der Waals surface area contributed by atoms with Gasteiger partial charge in [-0.25, -0.2) is 0 Å². The summed E-state index contributed by atoms with van der Waals surface area (Å²) in [6.07, 6.45) is 1.72. The summed E-state index contributed by atoms with van der Waals surface area (Å²) in [5.74, 6) is -0.875. The number of nitrogens with one attached hydrogen (secondary N) is 1. The molecule has 2 N–H and O–H groups in total. The maximum absolute atomic E-state index is 11.7. The maximum Gasteiger partial charge on any atom is 0.305 e. The minimum absolute atomic E-state index is 0.0378. The van der Waals surface area contributed by atoms with E-state index in [-0.39, 0.29) is 18.2 Å². The van der Waals surface area contributed by atoms with Crippen LogP contribution in [-0.4, -0.2) is 17.0 Å². The molecule has 5 heteroatoms. The summed E-state index contributed by atoms with van der Waals surface area (Å²) in [6, 6.07) is 6.88. The van der Waals surface area contributed by atoms with Crippen molar-refractivity contribution in [2.45, 2.75) is 25.3 Å². The van der Waals surface area contributed by atoms with E-state index in [2.05, 4.69) is 21.2 Å². The highest BCUT2D eigenvalue weighted by Gasteiger charge is 2.31. The summed E-state index contributed by atoms with van der Waals surface area (Å²) in [4.78, 5) is 22.6. The molecule has 0 radical (unpaired) electrons. The number of hydrogen-bond acceptors (Lipinski definition) is 2. The van der Waals surface area contributed by atoms with Gasteiger partial charge in [-0.05, 0) is 30.5 Å². The molecule has 96 valence electrons. The average Bonchev–Trinajstić information content (AvgIpc) is 3.12. The van der Waals surface area contributed by atoms with Gasteiger partial charge >= 0.3 is 5.97 Å². The Balaban J connectivity index is 2.10. The van der Waals surface area contributed by atoms with Gasteiger partial charge in [-0.1, -0.05) is 28.1 Å². The molecule has 1 aliphatic rings. The zero-order valence-corrected chi connectivity index (χ0v) is 11.3. The van der Waals surface area contributed by atoms with Gasteiger partial charge in [0.05, 0.1) is 12.5 Å². The molecule has 2 rings (SSSR count). The Morgan fingerprint density at radius 2 is 1.94 bits per heavy atom. The molecule has 0 aromatic heterocycles. The highest BCUT2D eigenvalue weighted by Crippen LogP contribution is 2.30. The highest BCUT2D eigenvalue weighted by atomic mass is 79.9. The van der Waals surface area contributed by atoms with Crippen molar-refractivity contribution >= 4 is 27.8 Å². The Morgan fingerprint density at radius 3 is 2.44 bits per heavy atom. The van der Waals surface area contributed by atoms with Crippen molar-refractivity contribution in [3.63, 3.8) is 0 Å². The van der Waals surface area contributed by atoms with E-state index in [0.29, 0.717) is 0 Å². The highest BCUT2D eigenvalue weighted by molar-refractivity contribution is 9.10. The van der Waals surface area contributed by atoms with Crippen LogP contribution in [0.25, 0.3) is 0 Å². The zero-order valence-electron chi connectivity index (χ0n) is 9.73. The minimum atomic E-state index is -0.918. The Kier molecular flexibility index (Phi) is 4.01. The number of carboxylic acid groups (broad SMARTS) is 1. The fourth-order valence-electron chi connectivity index (χ4n) is 1.76. The summed E-state index contributed by atoms with van der Waals surface area (Å²) >= 11 is 3.33. The van der Waals surface area contributed by atoms with Gasteiger partial charge in [-0.2, -0.15) is 0 Å². The lowest BCUT2D eigenvalue weighted by atomic mass is 10.0. The molecule has 1 fully saturated rings. The first-order valence-electron chi connectivity index (χ1n) is 5.84. The first kappa shape index (κ1) is 13.1. The van der Waals surface area contributed by atoms with Crippen molar-refractivity contribution < 1.29 is 14.7 Å². The van der Waals surface area contributed by atoms with Crippen LogP contribution >= 0.6 is 15.9 Å². The van der Waals surface area contributed by atoms with Gasteiger partial charge in [-0.3, -0.25) is 9.59 Å². The Morgan fingerprint density at radius 1 is 1.33 bits per heavy atom. The number of halogens is 1. The number of benzene rings is 1. The first-order chi connectivity index (χ1) is 8.56. The van der Waals surface area contributed by atoms with Crippen LogP contribution in [0.3, 0.4) is 0 Å². The van der Waals surface area contributed by atoms with Gasteiger partial charge < -0.3 is 10.4 Å². The molecule has 1 aromatic carbocycles. The molecular weight excluding hydrogens is 298 g/mol. The molecule has 18 heavy (non-hydrogen) atoms. The maximum atomic E-state index is 11.7. The summed E-state index contributed by atoms with van der Waals surface area (Å²) < 4.78 is 0.925. The van der Waals surface area contributed by atoms with Crippen molar-refractivity contribution in [1.29, 1.82) is 0 Å². The van der Waals surface area contributed by atoms with E-state index in [9.17, 15) is 9.59 Å². The molecule has 1 aliphatic carbocycles. The molecule has 1 aromatic rings. The Labute approximate surface area is 114 Å². The number of aliphatic carboxylic acids is 1. The smallest absolute Gasteiger partial charge is 0.305 e. The largest absolute Gasteiger partial charge is 0.481 e. The SMILES string of the molecule is O=C(O)CC(NC(=O)C1CC1)c1ccc(Br)cc1. The summed E-state index contributed by atoms with van der Waals surface area (Å²) in [5, 5.41) is 11.7. The average molecular weight is 312 g/mol. The van der Waals surface area contributed by atoms with Crippen molar-refractivity contribution in [2.24, 2.45) is 5.92 Å². The third-order valence-corrected chi connectivity index (χ3v) is 3.44. The van der Waals surface area contributed by atoms with Crippen molar-refractivity contribution in [2.75, 3.05) is 0 Å². The molecule has 0 aliphatic heterocycles. The fraction of sp³-hybridized carbons (Fsp3) is 0.385. The molecule has 1 amide bonds. The van der Waals surface area contributed by atoms with E-state index in [0.717, 1.165) is 22.9 Å². The van der Waals surface area contributed by atoms with Crippen LogP contribution in [0.5, 0.6) is 0 Å². The number of hydrogen-bond donors (Lipinski definition) is 2. The van der Waals surface area contributed by atoms with Crippen molar-refractivity contribution in [1.82, 2.24) is 5.32 Å².